The molecular weight excluding hydrogens is 338 g/mol. The van der Waals surface area contributed by atoms with Crippen LogP contribution in [0.4, 0.5) is 0 Å². The van der Waals surface area contributed by atoms with Gasteiger partial charge in [0.25, 0.3) is 5.56 Å². The highest BCUT2D eigenvalue weighted by Gasteiger charge is 2.32. The molecule has 27 heavy (non-hydrogen) atoms. The number of carbonyl (C=O) groups excluding carboxylic acids is 2. The Kier molecular flexibility index (Phi) is 5.36. The van der Waals surface area contributed by atoms with E-state index >= 15 is 0 Å². The minimum atomic E-state index is -0.109. The number of carbonyl (C=O) groups is 2. The standard InChI is InChI=1S/C21H17NO3.C2H6/c1-13(23)7-6-12-22-19-15-9-3-4-10-16(15)20(24)18(19)14-8-2-5-11-17(14)21(22)25;1-2/h2-5,8-11H,6-7,12H2,1H3;1-2H3. The zero-order valence-corrected chi connectivity index (χ0v) is 15.9. The Morgan fingerprint density at radius 1 is 0.889 bits per heavy atom. The highest BCUT2D eigenvalue weighted by Crippen LogP contribution is 2.39. The van der Waals surface area contributed by atoms with Gasteiger partial charge in [-0.25, -0.2) is 0 Å². The summed E-state index contributed by atoms with van der Waals surface area (Å²) in [5, 5.41) is 1.25. The second-order valence-electron chi connectivity index (χ2n) is 6.41. The predicted octanol–water partition coefficient (Wildman–Crippen LogP) is 4.61. The first-order chi connectivity index (χ1) is 13.1. The van der Waals surface area contributed by atoms with Gasteiger partial charge in [0.1, 0.15) is 5.78 Å². The summed E-state index contributed by atoms with van der Waals surface area (Å²) in [6, 6.07) is 14.6. The largest absolute Gasteiger partial charge is 0.307 e. The van der Waals surface area contributed by atoms with E-state index < -0.39 is 0 Å². The third-order valence-corrected chi connectivity index (χ3v) is 4.74. The molecular formula is C23H23NO3. The van der Waals surface area contributed by atoms with Crippen LogP contribution in [0, 0.1) is 0 Å². The number of hydrogen-bond acceptors (Lipinski definition) is 3. The Morgan fingerprint density at radius 2 is 1.48 bits per heavy atom. The molecule has 0 N–H and O–H groups in total. The second-order valence-corrected chi connectivity index (χ2v) is 6.41. The van der Waals surface area contributed by atoms with Crippen LogP contribution in [0.25, 0.3) is 22.0 Å². The van der Waals surface area contributed by atoms with Crippen LogP contribution in [0.2, 0.25) is 0 Å². The predicted molar refractivity (Wildman–Crippen MR) is 108 cm³/mol. The SMILES string of the molecule is CC.CC(=O)CCCn1c2c(c3ccccc3c1=O)C(=O)c1ccccc1-2. The molecule has 1 aliphatic carbocycles. The fourth-order valence-corrected chi connectivity index (χ4v) is 3.63. The van der Waals surface area contributed by atoms with Crippen molar-refractivity contribution in [3.8, 4) is 11.3 Å². The molecule has 0 saturated heterocycles. The summed E-state index contributed by atoms with van der Waals surface area (Å²) in [4.78, 5) is 37.3. The Hall–Kier alpha value is -3.01. The molecule has 0 amide bonds. The Balaban J connectivity index is 0.00000102. The van der Waals surface area contributed by atoms with Gasteiger partial charge in [0, 0.05) is 34.9 Å². The lowest BCUT2D eigenvalue weighted by molar-refractivity contribution is -0.117. The molecule has 4 rings (SSSR count). The third kappa shape index (κ3) is 3.12. The van der Waals surface area contributed by atoms with Crippen molar-refractivity contribution >= 4 is 22.3 Å². The number of ketones is 2. The molecule has 0 unspecified atom stereocenters. The number of hydrogen-bond donors (Lipinski definition) is 0. The van der Waals surface area contributed by atoms with E-state index in [2.05, 4.69) is 0 Å². The van der Waals surface area contributed by atoms with Crippen molar-refractivity contribution in [1.29, 1.82) is 0 Å². The van der Waals surface area contributed by atoms with Crippen LogP contribution in [-0.2, 0) is 11.3 Å². The van der Waals surface area contributed by atoms with E-state index in [9.17, 15) is 14.4 Å². The number of benzene rings is 2. The smallest absolute Gasteiger partial charge is 0.258 e. The molecule has 138 valence electrons. The van der Waals surface area contributed by atoms with Gasteiger partial charge in [0.2, 0.25) is 0 Å². The number of Topliss-reactive ketones (excluding diaryl/α,β-unsaturated/α-hetero) is 1. The van der Waals surface area contributed by atoms with Crippen molar-refractivity contribution in [2.24, 2.45) is 0 Å². The number of fused-ring (bicyclic) bond motifs is 5. The number of rotatable bonds is 4. The Labute approximate surface area is 158 Å². The van der Waals surface area contributed by atoms with Gasteiger partial charge in [0.05, 0.1) is 11.3 Å². The molecule has 3 aromatic rings. The van der Waals surface area contributed by atoms with Gasteiger partial charge in [-0.2, -0.15) is 0 Å². The van der Waals surface area contributed by atoms with E-state index in [0.717, 1.165) is 5.56 Å². The van der Waals surface area contributed by atoms with E-state index in [-0.39, 0.29) is 17.1 Å². The molecule has 4 heteroatoms. The second kappa shape index (κ2) is 7.70. The summed E-state index contributed by atoms with van der Waals surface area (Å²) in [5.41, 5.74) is 2.61. The molecule has 0 saturated carbocycles. The maximum absolute atomic E-state index is 13.0. The molecule has 0 spiro atoms. The van der Waals surface area contributed by atoms with Crippen LogP contribution in [0.15, 0.2) is 53.3 Å². The van der Waals surface area contributed by atoms with E-state index in [1.165, 1.54) is 0 Å². The van der Waals surface area contributed by atoms with Crippen molar-refractivity contribution in [3.63, 3.8) is 0 Å². The molecule has 1 aliphatic rings. The van der Waals surface area contributed by atoms with Gasteiger partial charge in [0.15, 0.2) is 5.78 Å². The first kappa shape index (κ1) is 18.8. The van der Waals surface area contributed by atoms with Crippen molar-refractivity contribution in [2.75, 3.05) is 0 Å². The average Bonchev–Trinajstić information content (AvgIpc) is 2.99. The minimum Gasteiger partial charge on any atom is -0.307 e. The summed E-state index contributed by atoms with van der Waals surface area (Å²) in [6.45, 7) is 5.97. The van der Waals surface area contributed by atoms with E-state index in [4.69, 9.17) is 0 Å². The highest BCUT2D eigenvalue weighted by atomic mass is 16.1. The van der Waals surface area contributed by atoms with Crippen molar-refractivity contribution < 1.29 is 9.59 Å². The maximum Gasteiger partial charge on any atom is 0.258 e. The lowest BCUT2D eigenvalue weighted by Crippen LogP contribution is -2.23. The molecule has 0 atom stereocenters. The molecule has 0 bridgehead atoms. The van der Waals surface area contributed by atoms with Crippen LogP contribution < -0.4 is 5.56 Å². The van der Waals surface area contributed by atoms with E-state index in [0.29, 0.717) is 47.0 Å². The van der Waals surface area contributed by atoms with Gasteiger partial charge in [-0.3, -0.25) is 9.59 Å². The topological polar surface area (TPSA) is 56.1 Å². The van der Waals surface area contributed by atoms with Crippen LogP contribution in [0.3, 0.4) is 0 Å². The fourth-order valence-electron chi connectivity index (χ4n) is 3.63. The Bertz CT molecular complexity index is 1090. The Morgan fingerprint density at radius 3 is 2.15 bits per heavy atom. The van der Waals surface area contributed by atoms with Crippen molar-refractivity contribution in [2.45, 2.75) is 40.2 Å². The van der Waals surface area contributed by atoms with Gasteiger partial charge < -0.3 is 9.36 Å². The van der Waals surface area contributed by atoms with Gasteiger partial charge in [-0.1, -0.05) is 56.3 Å². The fraction of sp³-hybridized carbons (Fsp3) is 0.261. The van der Waals surface area contributed by atoms with Crippen LogP contribution in [-0.4, -0.2) is 16.1 Å². The van der Waals surface area contributed by atoms with Gasteiger partial charge >= 0.3 is 0 Å². The quantitative estimate of drug-likeness (QED) is 0.533. The molecule has 0 fully saturated rings. The van der Waals surface area contributed by atoms with Crippen LogP contribution in [0.5, 0.6) is 0 Å². The van der Waals surface area contributed by atoms with Crippen molar-refractivity contribution in [3.05, 3.63) is 70.0 Å². The maximum atomic E-state index is 13.0. The zero-order valence-electron chi connectivity index (χ0n) is 15.9. The summed E-state index contributed by atoms with van der Waals surface area (Å²) in [7, 11) is 0. The van der Waals surface area contributed by atoms with Crippen LogP contribution >= 0.6 is 0 Å². The lowest BCUT2D eigenvalue weighted by Gasteiger charge is -2.14. The van der Waals surface area contributed by atoms with E-state index in [1.54, 1.807) is 23.6 Å². The van der Waals surface area contributed by atoms with Gasteiger partial charge in [-0.05, 0) is 19.4 Å². The molecule has 0 aliphatic heterocycles. The minimum absolute atomic E-state index is 0.0397. The summed E-state index contributed by atoms with van der Waals surface area (Å²) >= 11 is 0. The highest BCUT2D eigenvalue weighted by molar-refractivity contribution is 6.26. The first-order valence-electron chi connectivity index (χ1n) is 9.38. The zero-order chi connectivity index (χ0) is 19.6. The average molecular weight is 361 g/mol. The normalized spacial score (nSPS) is 11.6. The lowest BCUT2D eigenvalue weighted by atomic mass is 10.0. The molecule has 1 heterocycles. The van der Waals surface area contributed by atoms with Crippen molar-refractivity contribution in [1.82, 2.24) is 4.57 Å². The summed E-state index contributed by atoms with van der Waals surface area (Å²) in [6.07, 6.45) is 1.00. The number of nitrogens with zero attached hydrogens (tertiary/aromatic N) is 1. The number of aromatic nitrogens is 1. The molecule has 0 radical (unpaired) electrons. The van der Waals surface area contributed by atoms with E-state index in [1.807, 2.05) is 50.2 Å². The number of pyridine rings is 1. The molecule has 1 aromatic heterocycles. The first-order valence-corrected chi connectivity index (χ1v) is 9.38. The monoisotopic (exact) mass is 361 g/mol. The van der Waals surface area contributed by atoms with Gasteiger partial charge in [-0.15, -0.1) is 0 Å². The van der Waals surface area contributed by atoms with Crippen LogP contribution in [0.1, 0.15) is 49.5 Å². The molecule has 2 aromatic carbocycles. The summed E-state index contributed by atoms with van der Waals surface area (Å²) in [5.74, 6) is 0.0593. The third-order valence-electron chi connectivity index (χ3n) is 4.74. The molecule has 4 nitrogen and oxygen atoms in total. The summed E-state index contributed by atoms with van der Waals surface area (Å²) < 4.78 is 1.67.